The maximum absolute atomic E-state index is 13.1. The molecule has 0 spiro atoms. The molecule has 1 amide bonds. The first kappa shape index (κ1) is 23.9. The van der Waals surface area contributed by atoms with Crippen LogP contribution >= 0.6 is 23.4 Å². The Balaban J connectivity index is 1.38. The van der Waals surface area contributed by atoms with Crippen molar-refractivity contribution in [2.24, 2.45) is 0 Å². The second-order valence-corrected chi connectivity index (χ2v) is 9.28. The number of nitrogens with one attached hydrogen (secondary N) is 1. The number of benzene rings is 3. The Kier molecular flexibility index (Phi) is 8.28. The minimum absolute atomic E-state index is 0.0783. The second kappa shape index (κ2) is 11.8. The number of carbonyl (C=O) groups excluding carboxylic acids is 1. The molecular formula is C27H25ClN2O3S. The summed E-state index contributed by atoms with van der Waals surface area (Å²) < 4.78 is 5.26. The minimum Gasteiger partial charge on any atom is -0.423 e. The van der Waals surface area contributed by atoms with Crippen molar-refractivity contribution in [3.8, 4) is 0 Å². The third kappa shape index (κ3) is 6.65. The van der Waals surface area contributed by atoms with Crippen LogP contribution in [0.3, 0.4) is 0 Å². The maximum Gasteiger partial charge on any atom is 0.338 e. The molecule has 0 aliphatic heterocycles. The van der Waals surface area contributed by atoms with Crippen LogP contribution in [0.5, 0.6) is 0 Å². The minimum atomic E-state index is -0.388. The standard InChI is InChI=1S/C27H25ClN2O3S/c28-21-11-13-22(14-12-21)34-19-26(31)30(18-20-7-2-1-3-8-20)16-6-15-29-24-17-27(32)33-25-10-5-4-9-23(24)25/h1-5,7-14,17,29H,6,15-16,18-19H2. The summed E-state index contributed by atoms with van der Waals surface area (Å²) >= 11 is 7.46. The number of hydrogen-bond donors (Lipinski definition) is 1. The van der Waals surface area contributed by atoms with E-state index in [0.29, 0.717) is 36.0 Å². The molecule has 4 aromatic rings. The number of fused-ring (bicyclic) bond motifs is 1. The lowest BCUT2D eigenvalue weighted by atomic mass is 10.2. The highest BCUT2D eigenvalue weighted by Crippen LogP contribution is 2.22. The molecule has 0 saturated heterocycles. The molecule has 1 aromatic heterocycles. The Morgan fingerprint density at radius 1 is 0.971 bits per heavy atom. The van der Waals surface area contributed by atoms with Gasteiger partial charge in [0.05, 0.1) is 11.4 Å². The van der Waals surface area contributed by atoms with Crippen LogP contribution in [0.1, 0.15) is 12.0 Å². The van der Waals surface area contributed by atoms with Crippen LogP contribution in [0.2, 0.25) is 5.02 Å². The average Bonchev–Trinajstić information content (AvgIpc) is 2.85. The normalized spacial score (nSPS) is 10.9. The van der Waals surface area contributed by atoms with E-state index in [4.69, 9.17) is 16.0 Å². The lowest BCUT2D eigenvalue weighted by Crippen LogP contribution is -2.33. The van der Waals surface area contributed by atoms with Crippen LogP contribution in [0.4, 0.5) is 5.69 Å². The predicted molar refractivity (Wildman–Crippen MR) is 140 cm³/mol. The summed E-state index contributed by atoms with van der Waals surface area (Å²) in [6.45, 7) is 1.77. The van der Waals surface area contributed by atoms with E-state index < -0.39 is 0 Å². The summed E-state index contributed by atoms with van der Waals surface area (Å²) in [5.74, 6) is 0.432. The molecule has 0 atom stereocenters. The Bertz CT molecular complexity index is 1290. The number of hydrogen-bond acceptors (Lipinski definition) is 5. The van der Waals surface area contributed by atoms with Gasteiger partial charge in [-0.1, -0.05) is 54.1 Å². The first-order chi connectivity index (χ1) is 16.6. The van der Waals surface area contributed by atoms with Gasteiger partial charge in [-0.25, -0.2) is 4.79 Å². The Labute approximate surface area is 207 Å². The van der Waals surface area contributed by atoms with Gasteiger partial charge >= 0.3 is 5.63 Å². The number of rotatable bonds is 10. The third-order valence-corrected chi connectivity index (χ3v) is 6.56. The molecule has 7 heteroatoms. The van der Waals surface area contributed by atoms with Crippen LogP contribution in [0.25, 0.3) is 11.0 Å². The van der Waals surface area contributed by atoms with Crippen LogP contribution in [0.15, 0.2) is 99.0 Å². The number of para-hydroxylation sites is 1. The van der Waals surface area contributed by atoms with Crippen LogP contribution in [-0.4, -0.2) is 29.6 Å². The summed E-state index contributed by atoms with van der Waals surface area (Å²) in [5, 5.41) is 4.87. The van der Waals surface area contributed by atoms with Gasteiger partial charge in [-0.15, -0.1) is 11.8 Å². The molecule has 0 radical (unpaired) electrons. The fourth-order valence-corrected chi connectivity index (χ4v) is 4.54. The number of amides is 1. The van der Waals surface area contributed by atoms with Crippen molar-refractivity contribution in [1.82, 2.24) is 4.90 Å². The van der Waals surface area contributed by atoms with Crippen molar-refractivity contribution in [2.75, 3.05) is 24.2 Å². The molecule has 1 heterocycles. The van der Waals surface area contributed by atoms with Crippen molar-refractivity contribution < 1.29 is 9.21 Å². The topological polar surface area (TPSA) is 62.6 Å². The van der Waals surface area contributed by atoms with E-state index in [2.05, 4.69) is 5.32 Å². The van der Waals surface area contributed by atoms with Crippen molar-refractivity contribution in [2.45, 2.75) is 17.9 Å². The van der Waals surface area contributed by atoms with Crippen molar-refractivity contribution in [3.63, 3.8) is 0 Å². The van der Waals surface area contributed by atoms with Gasteiger partial charge in [0.2, 0.25) is 5.91 Å². The molecule has 5 nitrogen and oxygen atoms in total. The molecule has 0 aliphatic rings. The van der Waals surface area contributed by atoms with Gasteiger partial charge in [0, 0.05) is 41.0 Å². The first-order valence-electron chi connectivity index (χ1n) is 11.1. The van der Waals surface area contributed by atoms with Gasteiger partial charge in [0.25, 0.3) is 0 Å². The Morgan fingerprint density at radius 3 is 2.50 bits per heavy atom. The fraction of sp³-hybridized carbons (Fsp3) is 0.185. The van der Waals surface area contributed by atoms with Gasteiger partial charge in [-0.2, -0.15) is 0 Å². The maximum atomic E-state index is 13.1. The predicted octanol–water partition coefficient (Wildman–Crippen LogP) is 6.07. The van der Waals surface area contributed by atoms with Gasteiger partial charge in [-0.3, -0.25) is 4.79 Å². The van der Waals surface area contributed by atoms with Crippen LogP contribution in [-0.2, 0) is 11.3 Å². The molecule has 0 fully saturated rings. The van der Waals surface area contributed by atoms with E-state index in [9.17, 15) is 9.59 Å². The van der Waals surface area contributed by atoms with E-state index in [1.54, 1.807) is 6.07 Å². The van der Waals surface area contributed by atoms with Gasteiger partial charge in [-0.05, 0) is 48.4 Å². The lowest BCUT2D eigenvalue weighted by Gasteiger charge is -2.23. The van der Waals surface area contributed by atoms with Gasteiger partial charge in [0.15, 0.2) is 0 Å². The van der Waals surface area contributed by atoms with Crippen molar-refractivity contribution >= 4 is 45.9 Å². The number of anilines is 1. The second-order valence-electron chi connectivity index (χ2n) is 7.80. The Morgan fingerprint density at radius 2 is 1.71 bits per heavy atom. The summed E-state index contributed by atoms with van der Waals surface area (Å²) in [7, 11) is 0. The van der Waals surface area contributed by atoms with Gasteiger partial charge < -0.3 is 14.6 Å². The summed E-state index contributed by atoms with van der Waals surface area (Å²) in [4.78, 5) is 27.8. The third-order valence-electron chi connectivity index (χ3n) is 5.32. The highest BCUT2D eigenvalue weighted by atomic mass is 35.5. The Hall–Kier alpha value is -3.22. The van der Waals surface area contributed by atoms with Crippen molar-refractivity contribution in [3.05, 3.63) is 106 Å². The highest BCUT2D eigenvalue weighted by molar-refractivity contribution is 8.00. The molecule has 0 unspecified atom stereocenters. The van der Waals surface area contributed by atoms with E-state index in [-0.39, 0.29) is 11.5 Å². The molecule has 1 N–H and O–H groups in total. The van der Waals surface area contributed by atoms with Crippen LogP contribution in [0, 0.1) is 0 Å². The number of thioether (sulfide) groups is 1. The SMILES string of the molecule is O=C(CSc1ccc(Cl)cc1)N(CCCNc1cc(=O)oc2ccccc12)Cc1ccccc1. The van der Waals surface area contributed by atoms with E-state index in [1.165, 1.54) is 17.8 Å². The quantitative estimate of drug-likeness (QED) is 0.165. The van der Waals surface area contributed by atoms with E-state index in [1.807, 2.05) is 77.7 Å². The van der Waals surface area contributed by atoms with Crippen molar-refractivity contribution in [1.29, 1.82) is 0 Å². The number of carbonyl (C=O) groups is 1. The zero-order valence-corrected chi connectivity index (χ0v) is 20.1. The number of nitrogens with zero attached hydrogens (tertiary/aromatic N) is 1. The monoisotopic (exact) mass is 492 g/mol. The van der Waals surface area contributed by atoms with E-state index in [0.717, 1.165) is 28.0 Å². The summed E-state index contributed by atoms with van der Waals surface area (Å²) in [6.07, 6.45) is 0.735. The smallest absolute Gasteiger partial charge is 0.338 e. The first-order valence-corrected chi connectivity index (χ1v) is 12.4. The number of halogens is 1. The molecule has 0 bridgehead atoms. The summed E-state index contributed by atoms with van der Waals surface area (Å²) in [6, 6.07) is 26.4. The largest absolute Gasteiger partial charge is 0.423 e. The van der Waals surface area contributed by atoms with E-state index >= 15 is 0 Å². The molecule has 174 valence electrons. The lowest BCUT2D eigenvalue weighted by molar-refractivity contribution is -0.129. The zero-order valence-electron chi connectivity index (χ0n) is 18.6. The molecule has 4 rings (SSSR count). The fourth-order valence-electron chi connectivity index (χ4n) is 3.61. The molecule has 34 heavy (non-hydrogen) atoms. The average molecular weight is 493 g/mol. The molecular weight excluding hydrogens is 468 g/mol. The molecule has 0 aliphatic carbocycles. The molecule has 3 aromatic carbocycles. The summed E-state index contributed by atoms with van der Waals surface area (Å²) in [5.41, 5.74) is 2.00. The zero-order chi connectivity index (χ0) is 23.8. The highest BCUT2D eigenvalue weighted by Gasteiger charge is 2.15. The van der Waals surface area contributed by atoms with Crippen LogP contribution < -0.4 is 10.9 Å². The van der Waals surface area contributed by atoms with Gasteiger partial charge in [0.1, 0.15) is 5.58 Å². The molecule has 0 saturated carbocycles.